The molecule has 0 radical (unpaired) electrons. The summed E-state index contributed by atoms with van der Waals surface area (Å²) >= 11 is 0. The second kappa shape index (κ2) is 11.0. The Morgan fingerprint density at radius 2 is 1.72 bits per heavy atom. The molecule has 3 aromatic rings. The minimum atomic E-state index is -0.536. The predicted octanol–water partition coefficient (Wildman–Crippen LogP) is 3.31. The van der Waals surface area contributed by atoms with Crippen LogP contribution in [0.2, 0.25) is 0 Å². The van der Waals surface area contributed by atoms with Gasteiger partial charge in [0.25, 0.3) is 11.6 Å². The van der Waals surface area contributed by atoms with E-state index in [0.717, 1.165) is 11.1 Å². The molecule has 162 valence electrons. The van der Waals surface area contributed by atoms with E-state index in [1.807, 2.05) is 30.3 Å². The van der Waals surface area contributed by atoms with Crippen molar-refractivity contribution in [2.24, 2.45) is 5.10 Å². The molecule has 0 atom stereocenters. The van der Waals surface area contributed by atoms with Gasteiger partial charge in [-0.05, 0) is 41.5 Å². The maximum Gasteiger partial charge on any atom is 0.271 e. The number of hydrogen-bond acceptors (Lipinski definition) is 6. The second-order valence-corrected chi connectivity index (χ2v) is 6.67. The molecule has 0 aliphatic carbocycles. The summed E-state index contributed by atoms with van der Waals surface area (Å²) in [5.74, 6) is -0.205. The molecule has 3 rings (SSSR count). The zero-order valence-corrected chi connectivity index (χ0v) is 16.9. The lowest BCUT2D eigenvalue weighted by atomic mass is 10.1. The Bertz CT molecular complexity index is 1110. The fourth-order valence-corrected chi connectivity index (χ4v) is 2.69. The van der Waals surface area contributed by atoms with Gasteiger partial charge in [0.15, 0.2) is 6.61 Å². The third-order valence-corrected chi connectivity index (χ3v) is 4.20. The first-order chi connectivity index (χ1) is 15.5. The van der Waals surface area contributed by atoms with Crippen LogP contribution in [0.5, 0.6) is 5.75 Å². The molecule has 0 spiro atoms. The Kier molecular flexibility index (Phi) is 7.63. The van der Waals surface area contributed by atoms with Crippen LogP contribution < -0.4 is 15.5 Å². The highest BCUT2D eigenvalue weighted by atomic mass is 16.6. The number of carbonyl (C=O) groups is 2. The van der Waals surface area contributed by atoms with Crippen LogP contribution in [0, 0.1) is 10.1 Å². The smallest absolute Gasteiger partial charge is 0.271 e. The predicted molar refractivity (Wildman–Crippen MR) is 120 cm³/mol. The number of rotatable bonds is 9. The third-order valence-electron chi connectivity index (χ3n) is 4.20. The van der Waals surface area contributed by atoms with Crippen molar-refractivity contribution in [2.75, 3.05) is 11.9 Å². The van der Waals surface area contributed by atoms with Crippen molar-refractivity contribution >= 4 is 29.4 Å². The van der Waals surface area contributed by atoms with Crippen LogP contribution in [-0.4, -0.2) is 29.6 Å². The van der Waals surface area contributed by atoms with E-state index in [1.165, 1.54) is 24.4 Å². The first-order valence-corrected chi connectivity index (χ1v) is 9.62. The van der Waals surface area contributed by atoms with Crippen molar-refractivity contribution in [3.63, 3.8) is 0 Å². The maximum absolute atomic E-state index is 12.0. The van der Waals surface area contributed by atoms with Crippen LogP contribution in [0.1, 0.15) is 11.1 Å². The highest BCUT2D eigenvalue weighted by Gasteiger charge is 2.09. The summed E-state index contributed by atoms with van der Waals surface area (Å²) in [5.41, 5.74) is 4.31. The molecule has 9 nitrogen and oxygen atoms in total. The number of hydrogen-bond donors (Lipinski definition) is 2. The fourth-order valence-electron chi connectivity index (χ4n) is 2.69. The molecule has 3 aromatic carbocycles. The summed E-state index contributed by atoms with van der Waals surface area (Å²) in [6, 6.07) is 21.8. The number of anilines is 1. The number of nitrogens with zero attached hydrogens (tertiary/aromatic N) is 2. The molecule has 0 saturated carbocycles. The molecule has 0 heterocycles. The zero-order valence-electron chi connectivity index (χ0n) is 16.9. The maximum atomic E-state index is 12.0. The van der Waals surface area contributed by atoms with Gasteiger partial charge in [0.2, 0.25) is 5.91 Å². The van der Waals surface area contributed by atoms with Crippen molar-refractivity contribution in [1.29, 1.82) is 0 Å². The van der Waals surface area contributed by atoms with Gasteiger partial charge in [0.05, 0.1) is 17.6 Å². The lowest BCUT2D eigenvalue weighted by Crippen LogP contribution is -2.20. The average Bonchev–Trinajstić information content (AvgIpc) is 2.79. The highest BCUT2D eigenvalue weighted by molar-refractivity contribution is 5.92. The molecular formula is C23H20N4O5. The summed E-state index contributed by atoms with van der Waals surface area (Å²) in [5, 5.41) is 17.3. The van der Waals surface area contributed by atoms with Gasteiger partial charge < -0.3 is 10.1 Å². The molecule has 2 N–H and O–H groups in total. The number of nitro groups is 1. The lowest BCUT2D eigenvalue weighted by Gasteiger charge is -2.07. The van der Waals surface area contributed by atoms with Gasteiger partial charge in [-0.15, -0.1) is 0 Å². The highest BCUT2D eigenvalue weighted by Crippen LogP contribution is 2.17. The summed E-state index contributed by atoms with van der Waals surface area (Å²) < 4.78 is 5.42. The molecule has 0 aliphatic heterocycles. The van der Waals surface area contributed by atoms with Crippen molar-refractivity contribution < 1.29 is 19.2 Å². The van der Waals surface area contributed by atoms with Crippen molar-refractivity contribution in [1.82, 2.24) is 5.43 Å². The van der Waals surface area contributed by atoms with Gasteiger partial charge in [0, 0.05) is 17.8 Å². The molecule has 0 saturated heterocycles. The van der Waals surface area contributed by atoms with Gasteiger partial charge >= 0.3 is 0 Å². The standard InChI is InChI=1S/C23H20N4O5/c28-22(13-17-5-2-1-3-6-17)26-24-15-18-9-11-21(12-10-18)32-16-23(29)25-19-7-4-8-20(14-19)27(30)31/h1-12,14-15H,13,16H2,(H,25,29)(H,26,28)/b24-15-. The molecule has 0 aliphatic rings. The van der Waals surface area contributed by atoms with E-state index in [9.17, 15) is 19.7 Å². The molecule has 32 heavy (non-hydrogen) atoms. The molecule has 0 fully saturated rings. The normalized spacial score (nSPS) is 10.5. The van der Waals surface area contributed by atoms with Crippen LogP contribution in [0.4, 0.5) is 11.4 Å². The first kappa shape index (κ1) is 22.2. The quantitative estimate of drug-likeness (QED) is 0.305. The van der Waals surface area contributed by atoms with Crippen molar-refractivity contribution in [2.45, 2.75) is 6.42 Å². The summed E-state index contributed by atoms with van der Waals surface area (Å²) in [4.78, 5) is 34.1. The number of benzene rings is 3. The average molecular weight is 432 g/mol. The Balaban J connectivity index is 1.43. The number of non-ortho nitro benzene ring substituents is 1. The van der Waals surface area contributed by atoms with E-state index < -0.39 is 10.8 Å². The van der Waals surface area contributed by atoms with Crippen molar-refractivity contribution in [3.8, 4) is 5.75 Å². The second-order valence-electron chi connectivity index (χ2n) is 6.67. The van der Waals surface area contributed by atoms with Crippen LogP contribution in [0.3, 0.4) is 0 Å². The Morgan fingerprint density at radius 1 is 0.969 bits per heavy atom. The van der Waals surface area contributed by atoms with Gasteiger partial charge in [-0.1, -0.05) is 36.4 Å². The van der Waals surface area contributed by atoms with E-state index >= 15 is 0 Å². The topological polar surface area (TPSA) is 123 Å². The van der Waals surface area contributed by atoms with Gasteiger partial charge in [-0.3, -0.25) is 19.7 Å². The zero-order chi connectivity index (χ0) is 22.8. The van der Waals surface area contributed by atoms with Gasteiger partial charge in [-0.25, -0.2) is 5.43 Å². The molecule has 0 aromatic heterocycles. The molecule has 9 heteroatoms. The first-order valence-electron chi connectivity index (χ1n) is 9.62. The Labute approximate surface area is 183 Å². The summed E-state index contributed by atoms with van der Waals surface area (Å²) in [7, 11) is 0. The monoisotopic (exact) mass is 432 g/mol. The Hall–Kier alpha value is -4.53. The van der Waals surface area contributed by atoms with Crippen LogP contribution in [-0.2, 0) is 16.0 Å². The molecule has 0 bridgehead atoms. The number of hydrazone groups is 1. The SMILES string of the molecule is O=C(Cc1ccccc1)N/N=C\c1ccc(OCC(=O)Nc2cccc([N+](=O)[O-])c2)cc1. The van der Waals surface area contributed by atoms with Crippen LogP contribution >= 0.6 is 0 Å². The molecular weight excluding hydrogens is 412 g/mol. The number of ether oxygens (including phenoxy) is 1. The van der Waals surface area contributed by atoms with E-state index in [2.05, 4.69) is 15.8 Å². The summed E-state index contributed by atoms with van der Waals surface area (Å²) in [6.45, 7) is -0.258. The van der Waals surface area contributed by atoms with E-state index in [-0.39, 0.29) is 24.6 Å². The number of nitrogens with one attached hydrogen (secondary N) is 2. The number of carbonyl (C=O) groups excluding carboxylic acids is 2. The summed E-state index contributed by atoms with van der Waals surface area (Å²) in [6.07, 6.45) is 1.74. The van der Waals surface area contributed by atoms with E-state index in [0.29, 0.717) is 11.4 Å². The van der Waals surface area contributed by atoms with Crippen LogP contribution in [0.15, 0.2) is 84.0 Å². The Morgan fingerprint density at radius 3 is 2.44 bits per heavy atom. The third kappa shape index (κ3) is 7.06. The lowest BCUT2D eigenvalue weighted by molar-refractivity contribution is -0.384. The number of nitro benzene ring substituents is 1. The van der Waals surface area contributed by atoms with E-state index in [4.69, 9.17) is 4.74 Å². The van der Waals surface area contributed by atoms with Gasteiger partial charge in [-0.2, -0.15) is 5.10 Å². The van der Waals surface area contributed by atoms with Gasteiger partial charge in [0.1, 0.15) is 5.75 Å². The largest absolute Gasteiger partial charge is 0.484 e. The minimum absolute atomic E-state index is 0.114. The van der Waals surface area contributed by atoms with E-state index in [1.54, 1.807) is 30.3 Å². The fraction of sp³-hybridized carbons (Fsp3) is 0.0870. The molecule has 0 unspecified atom stereocenters. The number of amides is 2. The minimum Gasteiger partial charge on any atom is -0.484 e. The molecule has 2 amide bonds. The van der Waals surface area contributed by atoms with Crippen LogP contribution in [0.25, 0.3) is 0 Å². The van der Waals surface area contributed by atoms with Crippen molar-refractivity contribution in [3.05, 3.63) is 100 Å².